The fourth-order valence-electron chi connectivity index (χ4n) is 2.50. The fraction of sp³-hybridized carbons (Fsp3) is 0.150. The molecule has 1 amide bonds. The van der Waals surface area contributed by atoms with Crippen molar-refractivity contribution in [1.29, 1.82) is 0 Å². The molecular weight excluding hydrogens is 318 g/mol. The number of benzene rings is 2. The van der Waals surface area contributed by atoms with Gasteiger partial charge in [-0.05, 0) is 42.0 Å². The average Bonchev–Trinajstić information content (AvgIpc) is 3.12. The van der Waals surface area contributed by atoms with E-state index in [4.69, 9.17) is 14.3 Å². The number of hydrogen-bond acceptors (Lipinski definition) is 4. The Morgan fingerprint density at radius 1 is 1.12 bits per heavy atom. The van der Waals surface area contributed by atoms with Crippen molar-refractivity contribution in [1.82, 2.24) is 0 Å². The lowest BCUT2D eigenvalue weighted by molar-refractivity contribution is -0.115. The zero-order chi connectivity index (χ0) is 17.6. The predicted molar refractivity (Wildman–Crippen MR) is 95.4 cm³/mol. The number of methoxy groups -OCH3 is 1. The van der Waals surface area contributed by atoms with Gasteiger partial charge in [0.05, 0.1) is 13.5 Å². The van der Waals surface area contributed by atoms with E-state index in [-0.39, 0.29) is 18.9 Å². The molecule has 25 heavy (non-hydrogen) atoms. The van der Waals surface area contributed by atoms with Gasteiger partial charge >= 0.3 is 0 Å². The molecule has 0 unspecified atom stereocenters. The molecular formula is C20H19NO4. The summed E-state index contributed by atoms with van der Waals surface area (Å²) in [4.78, 5) is 12.2. The minimum absolute atomic E-state index is 0.0993. The molecule has 2 aromatic carbocycles. The number of aliphatic hydroxyl groups excluding tert-OH is 1. The lowest BCUT2D eigenvalue weighted by atomic mass is 10.1. The Kier molecular flexibility index (Phi) is 5.16. The molecule has 2 N–H and O–H groups in total. The van der Waals surface area contributed by atoms with Crippen molar-refractivity contribution < 1.29 is 19.1 Å². The van der Waals surface area contributed by atoms with Crippen molar-refractivity contribution >= 4 is 11.6 Å². The van der Waals surface area contributed by atoms with Crippen LogP contribution in [0.5, 0.6) is 5.75 Å². The van der Waals surface area contributed by atoms with Crippen molar-refractivity contribution in [2.45, 2.75) is 13.0 Å². The van der Waals surface area contributed by atoms with E-state index in [9.17, 15) is 4.79 Å². The molecule has 0 aliphatic heterocycles. The second kappa shape index (κ2) is 7.68. The van der Waals surface area contributed by atoms with Crippen LogP contribution in [0.15, 0.2) is 65.1 Å². The first-order valence-electron chi connectivity index (χ1n) is 7.91. The molecule has 0 aliphatic rings. The SMILES string of the molecule is COc1ccc(CC(=O)Nc2cccc(-c3ccc(CO)o3)c2)cc1. The van der Waals surface area contributed by atoms with Crippen LogP contribution in [-0.2, 0) is 17.8 Å². The molecule has 5 nitrogen and oxygen atoms in total. The molecule has 0 spiro atoms. The quantitative estimate of drug-likeness (QED) is 0.720. The molecule has 0 bridgehead atoms. The van der Waals surface area contributed by atoms with Crippen LogP contribution in [0, 0.1) is 0 Å². The second-order valence-electron chi connectivity index (χ2n) is 5.58. The van der Waals surface area contributed by atoms with Crippen LogP contribution in [0.1, 0.15) is 11.3 Å². The predicted octanol–water partition coefficient (Wildman–Crippen LogP) is 3.63. The van der Waals surface area contributed by atoms with E-state index < -0.39 is 0 Å². The number of anilines is 1. The van der Waals surface area contributed by atoms with Crippen LogP contribution in [0.4, 0.5) is 5.69 Å². The summed E-state index contributed by atoms with van der Waals surface area (Å²) in [5.74, 6) is 1.81. The van der Waals surface area contributed by atoms with Gasteiger partial charge in [-0.3, -0.25) is 4.79 Å². The third kappa shape index (κ3) is 4.28. The molecule has 128 valence electrons. The summed E-state index contributed by atoms with van der Waals surface area (Å²) in [6, 6.07) is 18.3. The van der Waals surface area contributed by atoms with Gasteiger partial charge in [-0.15, -0.1) is 0 Å². The lowest BCUT2D eigenvalue weighted by Crippen LogP contribution is -2.14. The highest BCUT2D eigenvalue weighted by molar-refractivity contribution is 5.92. The van der Waals surface area contributed by atoms with Gasteiger partial charge in [0.1, 0.15) is 23.9 Å². The average molecular weight is 337 g/mol. The van der Waals surface area contributed by atoms with Crippen LogP contribution in [0.2, 0.25) is 0 Å². The Bertz CT molecular complexity index is 852. The molecule has 0 saturated heterocycles. The van der Waals surface area contributed by atoms with Crippen molar-refractivity contribution in [2.75, 3.05) is 12.4 Å². The first-order valence-corrected chi connectivity index (χ1v) is 7.91. The molecule has 1 heterocycles. The largest absolute Gasteiger partial charge is 0.497 e. The van der Waals surface area contributed by atoms with E-state index in [1.165, 1.54) is 0 Å². The van der Waals surface area contributed by atoms with Crippen molar-refractivity contribution in [2.24, 2.45) is 0 Å². The van der Waals surface area contributed by atoms with Crippen LogP contribution in [-0.4, -0.2) is 18.1 Å². The number of ether oxygens (including phenoxy) is 1. The summed E-state index contributed by atoms with van der Waals surface area (Å²) in [6.07, 6.45) is 0.281. The van der Waals surface area contributed by atoms with E-state index in [0.29, 0.717) is 17.2 Å². The minimum atomic E-state index is -0.141. The number of furan rings is 1. The number of carbonyl (C=O) groups is 1. The summed E-state index contributed by atoms with van der Waals surface area (Å²) in [6.45, 7) is -0.141. The Morgan fingerprint density at radius 2 is 1.92 bits per heavy atom. The normalized spacial score (nSPS) is 10.5. The maximum absolute atomic E-state index is 12.2. The smallest absolute Gasteiger partial charge is 0.228 e. The van der Waals surface area contributed by atoms with Gasteiger partial charge in [-0.2, -0.15) is 0 Å². The zero-order valence-corrected chi connectivity index (χ0v) is 13.9. The van der Waals surface area contributed by atoms with Crippen LogP contribution in [0.3, 0.4) is 0 Å². The highest BCUT2D eigenvalue weighted by Gasteiger charge is 2.08. The van der Waals surface area contributed by atoms with E-state index in [2.05, 4.69) is 5.32 Å². The second-order valence-corrected chi connectivity index (χ2v) is 5.58. The van der Waals surface area contributed by atoms with E-state index in [1.807, 2.05) is 48.5 Å². The van der Waals surface area contributed by atoms with Gasteiger partial charge in [-0.1, -0.05) is 24.3 Å². The summed E-state index contributed by atoms with van der Waals surface area (Å²) >= 11 is 0. The molecule has 3 rings (SSSR count). The van der Waals surface area contributed by atoms with Crippen molar-refractivity contribution in [3.63, 3.8) is 0 Å². The molecule has 0 aliphatic carbocycles. The number of nitrogens with one attached hydrogen (secondary N) is 1. The molecule has 5 heteroatoms. The highest BCUT2D eigenvalue weighted by atomic mass is 16.5. The Labute approximate surface area is 145 Å². The molecule has 0 atom stereocenters. The number of hydrogen-bond donors (Lipinski definition) is 2. The van der Waals surface area contributed by atoms with Crippen LogP contribution in [0.25, 0.3) is 11.3 Å². The summed E-state index contributed by atoms with van der Waals surface area (Å²) < 4.78 is 10.6. The highest BCUT2D eigenvalue weighted by Crippen LogP contribution is 2.25. The minimum Gasteiger partial charge on any atom is -0.497 e. The summed E-state index contributed by atoms with van der Waals surface area (Å²) in [5.41, 5.74) is 2.44. The number of amides is 1. The van der Waals surface area contributed by atoms with Gasteiger partial charge in [0.25, 0.3) is 0 Å². The molecule has 1 aromatic heterocycles. The molecule has 0 saturated carbocycles. The summed E-state index contributed by atoms with van der Waals surface area (Å²) in [5, 5.41) is 12.0. The van der Waals surface area contributed by atoms with Crippen molar-refractivity contribution in [3.05, 3.63) is 72.0 Å². The third-order valence-corrected chi connectivity index (χ3v) is 3.77. The molecule has 0 radical (unpaired) electrons. The Balaban J connectivity index is 1.67. The standard InChI is InChI=1S/C20H19NO4/c1-24-17-7-5-14(6-8-17)11-20(23)21-16-4-2-3-15(12-16)19-10-9-18(13-22)25-19/h2-10,12,22H,11,13H2,1H3,(H,21,23). The van der Waals surface area contributed by atoms with Gasteiger partial charge in [-0.25, -0.2) is 0 Å². The summed E-state index contributed by atoms with van der Waals surface area (Å²) in [7, 11) is 1.61. The maximum Gasteiger partial charge on any atom is 0.228 e. The fourth-order valence-corrected chi connectivity index (χ4v) is 2.50. The third-order valence-electron chi connectivity index (χ3n) is 3.77. The van der Waals surface area contributed by atoms with E-state index in [1.54, 1.807) is 19.2 Å². The zero-order valence-electron chi connectivity index (χ0n) is 13.9. The number of carbonyl (C=O) groups excluding carboxylic acids is 1. The first-order chi connectivity index (χ1) is 12.2. The van der Waals surface area contributed by atoms with E-state index >= 15 is 0 Å². The van der Waals surface area contributed by atoms with Crippen molar-refractivity contribution in [3.8, 4) is 17.1 Å². The van der Waals surface area contributed by atoms with Gasteiger partial charge < -0.3 is 19.6 Å². The Morgan fingerprint density at radius 3 is 2.60 bits per heavy atom. The molecule has 3 aromatic rings. The number of aliphatic hydroxyl groups is 1. The monoisotopic (exact) mass is 337 g/mol. The van der Waals surface area contributed by atoms with E-state index in [0.717, 1.165) is 16.9 Å². The maximum atomic E-state index is 12.2. The lowest BCUT2D eigenvalue weighted by Gasteiger charge is -2.07. The number of rotatable bonds is 6. The molecule has 0 fully saturated rings. The van der Waals surface area contributed by atoms with Gasteiger partial charge in [0.2, 0.25) is 5.91 Å². The van der Waals surface area contributed by atoms with Gasteiger partial charge in [0.15, 0.2) is 0 Å². The first kappa shape index (κ1) is 16.8. The topological polar surface area (TPSA) is 71.7 Å². The van der Waals surface area contributed by atoms with Gasteiger partial charge in [0, 0.05) is 11.3 Å². The van der Waals surface area contributed by atoms with Crippen LogP contribution < -0.4 is 10.1 Å². The van der Waals surface area contributed by atoms with Crippen LogP contribution >= 0.6 is 0 Å². The Hall–Kier alpha value is -3.05.